The number of carbonyl (C=O) groups is 1. The highest BCUT2D eigenvalue weighted by molar-refractivity contribution is 14.1. The van der Waals surface area contributed by atoms with Crippen molar-refractivity contribution >= 4 is 57.4 Å². The molecule has 0 bridgehead atoms. The smallest absolute Gasteiger partial charge is 0.234 e. The number of nitrogens with one attached hydrogen (secondary N) is 1. The van der Waals surface area contributed by atoms with Gasteiger partial charge in [-0.3, -0.25) is 4.79 Å². The lowest BCUT2D eigenvalue weighted by Crippen LogP contribution is -2.13. The van der Waals surface area contributed by atoms with Crippen molar-refractivity contribution in [2.24, 2.45) is 0 Å². The second kappa shape index (κ2) is 5.19. The topological polar surface area (TPSA) is 29.1 Å². The van der Waals surface area contributed by atoms with E-state index < -0.39 is 0 Å². The minimum atomic E-state index is -0.111. The highest BCUT2D eigenvalue weighted by Gasteiger charge is 2.10. The maximum atomic E-state index is 11.2. The van der Waals surface area contributed by atoms with Crippen molar-refractivity contribution in [3.63, 3.8) is 0 Å². The normalized spacial score (nSPS) is 10.0. The van der Waals surface area contributed by atoms with Gasteiger partial charge in [0, 0.05) is 0 Å². The summed E-state index contributed by atoms with van der Waals surface area (Å²) >= 11 is 13.9. The third-order valence-corrected chi connectivity index (χ3v) is 3.16. The second-order valence-electron chi connectivity index (χ2n) is 2.74. The monoisotopic (exact) mass is 343 g/mol. The molecule has 0 aliphatic heterocycles. The molecule has 1 rings (SSSR count). The van der Waals surface area contributed by atoms with Gasteiger partial charge in [0.2, 0.25) is 5.91 Å². The SMILES string of the molecule is Cc1ccc(Cl)c(NC(=O)CI)c1Cl. The van der Waals surface area contributed by atoms with E-state index in [0.717, 1.165) is 5.56 Å². The van der Waals surface area contributed by atoms with E-state index in [1.165, 1.54) is 0 Å². The first-order valence-corrected chi connectivity index (χ1v) is 6.15. The van der Waals surface area contributed by atoms with E-state index in [2.05, 4.69) is 5.32 Å². The summed E-state index contributed by atoms with van der Waals surface area (Å²) in [7, 11) is 0. The van der Waals surface area contributed by atoms with Crippen LogP contribution in [-0.4, -0.2) is 10.3 Å². The third-order valence-electron chi connectivity index (χ3n) is 1.67. The van der Waals surface area contributed by atoms with Gasteiger partial charge in [0.25, 0.3) is 0 Å². The Balaban J connectivity index is 3.06. The second-order valence-corrected chi connectivity index (χ2v) is 4.28. The summed E-state index contributed by atoms with van der Waals surface area (Å²) in [4.78, 5) is 11.2. The summed E-state index contributed by atoms with van der Waals surface area (Å²) in [6.45, 7) is 1.86. The van der Waals surface area contributed by atoms with Gasteiger partial charge in [-0.15, -0.1) is 0 Å². The highest BCUT2D eigenvalue weighted by atomic mass is 127. The molecule has 14 heavy (non-hydrogen) atoms. The fourth-order valence-electron chi connectivity index (χ4n) is 0.944. The van der Waals surface area contributed by atoms with Crippen molar-refractivity contribution in [3.05, 3.63) is 27.7 Å². The summed E-state index contributed by atoms with van der Waals surface area (Å²) in [6.07, 6.45) is 0. The van der Waals surface area contributed by atoms with E-state index in [1.807, 2.05) is 35.6 Å². The molecule has 0 aliphatic carbocycles. The molecular formula is C9H8Cl2INO. The molecule has 2 nitrogen and oxygen atoms in total. The van der Waals surface area contributed by atoms with Crippen LogP contribution in [0, 0.1) is 6.92 Å². The summed E-state index contributed by atoms with van der Waals surface area (Å²) in [5, 5.41) is 3.61. The van der Waals surface area contributed by atoms with Gasteiger partial charge in [-0.05, 0) is 18.6 Å². The number of rotatable bonds is 2. The fraction of sp³-hybridized carbons (Fsp3) is 0.222. The Bertz CT molecular complexity index is 368. The van der Waals surface area contributed by atoms with Crippen LogP contribution in [0.4, 0.5) is 5.69 Å². The lowest BCUT2D eigenvalue weighted by atomic mass is 10.2. The molecule has 1 N–H and O–H groups in total. The zero-order valence-electron chi connectivity index (χ0n) is 7.40. The number of amides is 1. The number of alkyl halides is 1. The van der Waals surface area contributed by atoms with Crippen LogP contribution in [0.2, 0.25) is 10.0 Å². The van der Waals surface area contributed by atoms with Crippen molar-refractivity contribution in [1.29, 1.82) is 0 Å². The molecule has 1 aromatic rings. The van der Waals surface area contributed by atoms with Crippen LogP contribution < -0.4 is 5.32 Å². The van der Waals surface area contributed by atoms with E-state index in [1.54, 1.807) is 6.07 Å². The largest absolute Gasteiger partial charge is 0.323 e. The number of hydrogen-bond donors (Lipinski definition) is 1. The molecule has 5 heteroatoms. The molecule has 0 heterocycles. The average Bonchev–Trinajstić information content (AvgIpc) is 2.18. The number of halogens is 3. The quantitative estimate of drug-likeness (QED) is 0.644. The van der Waals surface area contributed by atoms with Gasteiger partial charge in [-0.25, -0.2) is 0 Å². The van der Waals surface area contributed by atoms with E-state index in [4.69, 9.17) is 23.2 Å². The summed E-state index contributed by atoms with van der Waals surface area (Å²) in [6, 6.07) is 3.52. The van der Waals surface area contributed by atoms with Gasteiger partial charge in [0.05, 0.1) is 20.2 Å². The van der Waals surface area contributed by atoms with E-state index in [-0.39, 0.29) is 5.91 Å². The van der Waals surface area contributed by atoms with Gasteiger partial charge in [-0.2, -0.15) is 0 Å². The number of aryl methyl sites for hydroxylation is 1. The van der Waals surface area contributed by atoms with Crippen molar-refractivity contribution in [2.75, 3.05) is 9.74 Å². The first-order chi connectivity index (χ1) is 6.56. The predicted octanol–water partition coefficient (Wildman–Crippen LogP) is 3.68. The molecule has 0 radical (unpaired) electrons. The average molecular weight is 344 g/mol. The number of carbonyl (C=O) groups excluding carboxylic acids is 1. The van der Waals surface area contributed by atoms with Crippen LogP contribution in [0.15, 0.2) is 12.1 Å². The Morgan fingerprint density at radius 2 is 2.14 bits per heavy atom. The summed E-state index contributed by atoms with van der Waals surface area (Å²) < 4.78 is 0.373. The van der Waals surface area contributed by atoms with E-state index in [0.29, 0.717) is 20.2 Å². The Morgan fingerprint density at radius 3 is 2.71 bits per heavy atom. The van der Waals surface area contributed by atoms with Crippen molar-refractivity contribution in [2.45, 2.75) is 6.92 Å². The molecule has 0 fully saturated rings. The highest BCUT2D eigenvalue weighted by Crippen LogP contribution is 2.32. The van der Waals surface area contributed by atoms with Crippen LogP contribution in [-0.2, 0) is 4.79 Å². The Hall–Kier alpha value is -0.000000000000000167. The van der Waals surface area contributed by atoms with Crippen LogP contribution >= 0.6 is 45.8 Å². The molecule has 0 atom stereocenters. The molecule has 0 aliphatic rings. The minimum absolute atomic E-state index is 0.111. The Morgan fingerprint density at radius 1 is 1.50 bits per heavy atom. The Labute approximate surface area is 106 Å². The molecule has 76 valence electrons. The number of anilines is 1. The van der Waals surface area contributed by atoms with Gasteiger partial charge in [-0.1, -0.05) is 51.9 Å². The molecule has 0 saturated carbocycles. The molecule has 1 amide bonds. The van der Waals surface area contributed by atoms with Gasteiger partial charge >= 0.3 is 0 Å². The molecular weight excluding hydrogens is 336 g/mol. The standard InChI is InChI=1S/C9H8Cl2INO/c1-5-2-3-6(10)9(8(5)11)13-7(14)4-12/h2-3H,4H2,1H3,(H,13,14). The molecule has 0 unspecified atom stereocenters. The maximum absolute atomic E-state index is 11.2. The van der Waals surface area contributed by atoms with Gasteiger partial charge in [0.1, 0.15) is 0 Å². The van der Waals surface area contributed by atoms with Crippen molar-refractivity contribution in [3.8, 4) is 0 Å². The van der Waals surface area contributed by atoms with Crippen LogP contribution in [0.25, 0.3) is 0 Å². The molecule has 0 saturated heterocycles. The molecule has 1 aromatic carbocycles. The first kappa shape index (κ1) is 12.1. The lowest BCUT2D eigenvalue weighted by Gasteiger charge is -2.09. The summed E-state index contributed by atoms with van der Waals surface area (Å²) in [5.41, 5.74) is 1.38. The first-order valence-electron chi connectivity index (χ1n) is 3.86. The van der Waals surface area contributed by atoms with Crippen molar-refractivity contribution < 1.29 is 4.79 Å². The maximum Gasteiger partial charge on any atom is 0.234 e. The zero-order chi connectivity index (χ0) is 10.7. The minimum Gasteiger partial charge on any atom is -0.323 e. The summed E-state index contributed by atoms with van der Waals surface area (Å²) in [5.74, 6) is -0.111. The lowest BCUT2D eigenvalue weighted by molar-refractivity contribution is -0.113. The predicted molar refractivity (Wildman–Crippen MR) is 68.7 cm³/mol. The van der Waals surface area contributed by atoms with E-state index >= 15 is 0 Å². The molecule has 0 spiro atoms. The fourth-order valence-corrected chi connectivity index (χ4v) is 1.60. The van der Waals surface area contributed by atoms with Gasteiger partial charge in [0.15, 0.2) is 0 Å². The third kappa shape index (κ3) is 2.74. The van der Waals surface area contributed by atoms with Gasteiger partial charge < -0.3 is 5.32 Å². The van der Waals surface area contributed by atoms with Crippen molar-refractivity contribution in [1.82, 2.24) is 0 Å². The zero-order valence-corrected chi connectivity index (χ0v) is 11.1. The van der Waals surface area contributed by atoms with Crippen LogP contribution in [0.3, 0.4) is 0 Å². The molecule has 0 aromatic heterocycles. The number of hydrogen-bond acceptors (Lipinski definition) is 1. The Kier molecular flexibility index (Phi) is 4.47. The van der Waals surface area contributed by atoms with Crippen LogP contribution in [0.5, 0.6) is 0 Å². The van der Waals surface area contributed by atoms with E-state index in [9.17, 15) is 4.79 Å². The van der Waals surface area contributed by atoms with Crippen LogP contribution in [0.1, 0.15) is 5.56 Å². The number of benzene rings is 1.